The number of benzene rings is 1. The third-order valence-corrected chi connectivity index (χ3v) is 2.59. The van der Waals surface area contributed by atoms with Crippen LogP contribution in [-0.4, -0.2) is 25.1 Å². The van der Waals surface area contributed by atoms with Gasteiger partial charge >= 0.3 is 0 Å². The Morgan fingerprint density at radius 1 is 1.44 bits per heavy atom. The highest BCUT2D eigenvalue weighted by molar-refractivity contribution is 5.44. The summed E-state index contributed by atoms with van der Waals surface area (Å²) in [5, 5.41) is 10.8. The van der Waals surface area contributed by atoms with Crippen LogP contribution >= 0.6 is 0 Å². The van der Waals surface area contributed by atoms with E-state index >= 15 is 0 Å². The highest BCUT2D eigenvalue weighted by Gasteiger charge is 2.12. The van der Waals surface area contributed by atoms with Crippen molar-refractivity contribution in [2.75, 3.05) is 13.9 Å². The van der Waals surface area contributed by atoms with Crippen molar-refractivity contribution in [2.45, 2.75) is 26.7 Å². The second-order valence-electron chi connectivity index (χ2n) is 3.75. The van der Waals surface area contributed by atoms with Gasteiger partial charge in [-0.2, -0.15) is 0 Å². The Labute approximate surface area is 106 Å². The summed E-state index contributed by atoms with van der Waals surface area (Å²) >= 11 is 0. The van der Waals surface area contributed by atoms with E-state index in [0.29, 0.717) is 5.56 Å². The lowest BCUT2D eigenvalue weighted by atomic mass is 10.1. The summed E-state index contributed by atoms with van der Waals surface area (Å²) in [4.78, 5) is 10.4. The fraction of sp³-hybridized carbons (Fsp3) is 0.500. The molecule has 6 nitrogen and oxygen atoms in total. The monoisotopic (exact) mass is 255 g/mol. The van der Waals surface area contributed by atoms with Crippen molar-refractivity contribution >= 4 is 5.69 Å². The van der Waals surface area contributed by atoms with E-state index in [2.05, 4.69) is 0 Å². The van der Waals surface area contributed by atoms with E-state index in [1.54, 1.807) is 26.0 Å². The highest BCUT2D eigenvalue weighted by atomic mass is 16.7. The zero-order chi connectivity index (χ0) is 13.5. The largest absolute Gasteiger partial charge is 0.356 e. The minimum absolute atomic E-state index is 0.0805. The van der Waals surface area contributed by atoms with Gasteiger partial charge in [-0.05, 0) is 19.4 Å². The molecule has 0 N–H and O–H groups in total. The number of rotatable bonds is 7. The molecular formula is C12H17NO5. The summed E-state index contributed by atoms with van der Waals surface area (Å²) in [5.41, 5.74) is 1.49. The maximum atomic E-state index is 10.8. The predicted octanol–water partition coefficient (Wildman–Crippen LogP) is 2.39. The van der Waals surface area contributed by atoms with Crippen LogP contribution < -0.4 is 0 Å². The van der Waals surface area contributed by atoms with Crippen LogP contribution in [-0.2, 0) is 20.8 Å². The van der Waals surface area contributed by atoms with Crippen molar-refractivity contribution in [3.05, 3.63) is 39.4 Å². The van der Waals surface area contributed by atoms with Gasteiger partial charge in [-0.3, -0.25) is 10.1 Å². The molecule has 0 aliphatic carbocycles. The summed E-state index contributed by atoms with van der Waals surface area (Å²) in [5.74, 6) is 0. The Bertz CT molecular complexity index is 407. The number of nitrogens with zero attached hydrogens (tertiary/aromatic N) is 1. The Hall–Kier alpha value is -1.50. The molecule has 0 bridgehead atoms. The van der Waals surface area contributed by atoms with E-state index in [0.717, 1.165) is 5.56 Å². The van der Waals surface area contributed by atoms with Crippen molar-refractivity contribution in [1.29, 1.82) is 0 Å². The van der Waals surface area contributed by atoms with Crippen LogP contribution in [0, 0.1) is 17.0 Å². The van der Waals surface area contributed by atoms with Crippen molar-refractivity contribution < 1.29 is 19.1 Å². The van der Waals surface area contributed by atoms with Crippen LogP contribution in [0.25, 0.3) is 0 Å². The third kappa shape index (κ3) is 4.06. The van der Waals surface area contributed by atoms with E-state index in [1.807, 2.05) is 0 Å². The van der Waals surface area contributed by atoms with Gasteiger partial charge in [0.15, 0.2) is 6.29 Å². The fourth-order valence-electron chi connectivity index (χ4n) is 1.39. The smallest absolute Gasteiger partial charge is 0.272 e. The molecule has 0 saturated heterocycles. The number of hydrogen-bond acceptors (Lipinski definition) is 5. The number of methoxy groups -OCH3 is 1. The Kier molecular flexibility index (Phi) is 5.70. The van der Waals surface area contributed by atoms with Crippen molar-refractivity contribution in [3.63, 3.8) is 0 Å². The van der Waals surface area contributed by atoms with Crippen molar-refractivity contribution in [1.82, 2.24) is 0 Å². The number of nitro groups is 1. The van der Waals surface area contributed by atoms with Crippen molar-refractivity contribution in [3.8, 4) is 0 Å². The lowest BCUT2D eigenvalue weighted by Crippen LogP contribution is -2.13. The summed E-state index contributed by atoms with van der Waals surface area (Å²) in [6, 6.07) is 4.91. The van der Waals surface area contributed by atoms with E-state index in [9.17, 15) is 10.1 Å². The minimum atomic E-state index is -0.400. The zero-order valence-corrected chi connectivity index (χ0v) is 10.7. The molecule has 0 spiro atoms. The van der Waals surface area contributed by atoms with Gasteiger partial charge < -0.3 is 14.2 Å². The normalized spacial score (nSPS) is 12.4. The molecule has 1 aromatic rings. The molecule has 18 heavy (non-hydrogen) atoms. The SMILES string of the molecule is COC(C)OCOCc1cccc([N+](=O)[O-])c1C. The molecule has 1 aromatic carbocycles. The fourth-order valence-corrected chi connectivity index (χ4v) is 1.39. The molecular weight excluding hydrogens is 238 g/mol. The standard InChI is InChI=1S/C12H17NO5/c1-9-11(5-4-6-12(9)13(14)15)7-17-8-18-10(2)16-3/h4-6,10H,7-8H2,1-3H3. The van der Waals surface area contributed by atoms with Gasteiger partial charge in [0.05, 0.1) is 11.5 Å². The molecule has 1 unspecified atom stereocenters. The molecule has 0 aliphatic rings. The van der Waals surface area contributed by atoms with E-state index in [-0.39, 0.29) is 25.4 Å². The molecule has 0 heterocycles. The molecule has 1 rings (SSSR count). The average molecular weight is 255 g/mol. The van der Waals surface area contributed by atoms with Crippen LogP contribution in [0.4, 0.5) is 5.69 Å². The number of ether oxygens (including phenoxy) is 3. The number of hydrogen-bond donors (Lipinski definition) is 0. The van der Waals surface area contributed by atoms with Gasteiger partial charge in [0.1, 0.15) is 6.79 Å². The molecule has 0 amide bonds. The van der Waals surface area contributed by atoms with E-state index < -0.39 is 4.92 Å². The molecule has 0 aromatic heterocycles. The van der Waals surface area contributed by atoms with Crippen LogP contribution in [0.15, 0.2) is 18.2 Å². The first kappa shape index (κ1) is 14.6. The predicted molar refractivity (Wildman–Crippen MR) is 65.0 cm³/mol. The lowest BCUT2D eigenvalue weighted by molar-refractivity contribution is -0.385. The first-order chi connectivity index (χ1) is 8.56. The summed E-state index contributed by atoms with van der Waals surface area (Å²) < 4.78 is 15.3. The topological polar surface area (TPSA) is 70.8 Å². The van der Waals surface area contributed by atoms with Gasteiger partial charge in [0.2, 0.25) is 0 Å². The molecule has 0 fully saturated rings. The van der Waals surface area contributed by atoms with Crippen LogP contribution in [0.3, 0.4) is 0 Å². The summed E-state index contributed by atoms with van der Waals surface area (Å²) in [7, 11) is 1.54. The molecule has 6 heteroatoms. The molecule has 0 radical (unpaired) electrons. The first-order valence-corrected chi connectivity index (χ1v) is 5.51. The second kappa shape index (κ2) is 7.05. The Morgan fingerprint density at radius 3 is 2.78 bits per heavy atom. The summed E-state index contributed by atoms with van der Waals surface area (Å²) in [6.45, 7) is 3.80. The minimum Gasteiger partial charge on any atom is -0.356 e. The molecule has 100 valence electrons. The van der Waals surface area contributed by atoms with Gasteiger partial charge in [-0.15, -0.1) is 0 Å². The van der Waals surface area contributed by atoms with E-state index in [1.165, 1.54) is 13.2 Å². The van der Waals surface area contributed by atoms with Crippen LogP contribution in [0.1, 0.15) is 18.1 Å². The third-order valence-electron chi connectivity index (χ3n) is 2.59. The van der Waals surface area contributed by atoms with Crippen molar-refractivity contribution in [2.24, 2.45) is 0 Å². The second-order valence-corrected chi connectivity index (χ2v) is 3.75. The Morgan fingerprint density at radius 2 is 2.17 bits per heavy atom. The maximum Gasteiger partial charge on any atom is 0.272 e. The first-order valence-electron chi connectivity index (χ1n) is 5.51. The van der Waals surface area contributed by atoms with E-state index in [4.69, 9.17) is 14.2 Å². The molecule has 0 saturated carbocycles. The lowest BCUT2D eigenvalue weighted by Gasteiger charge is -2.12. The average Bonchev–Trinajstić information content (AvgIpc) is 2.35. The van der Waals surface area contributed by atoms with Gasteiger partial charge in [0.25, 0.3) is 5.69 Å². The molecule has 1 atom stereocenters. The highest BCUT2D eigenvalue weighted by Crippen LogP contribution is 2.21. The maximum absolute atomic E-state index is 10.8. The number of nitro benzene ring substituents is 1. The molecule has 0 aliphatic heterocycles. The summed E-state index contributed by atoms with van der Waals surface area (Å²) in [6.07, 6.45) is -0.337. The van der Waals surface area contributed by atoms with Gasteiger partial charge in [0, 0.05) is 18.7 Å². The Balaban J connectivity index is 2.53. The van der Waals surface area contributed by atoms with Gasteiger partial charge in [-0.25, -0.2) is 0 Å². The zero-order valence-electron chi connectivity index (χ0n) is 10.7. The van der Waals surface area contributed by atoms with Gasteiger partial charge in [-0.1, -0.05) is 12.1 Å². The van der Waals surface area contributed by atoms with Crippen LogP contribution in [0.5, 0.6) is 0 Å². The van der Waals surface area contributed by atoms with Crippen LogP contribution in [0.2, 0.25) is 0 Å². The quantitative estimate of drug-likeness (QED) is 0.324.